The SMILES string of the molecule is COc1ccc(C2Sc3cc(C)ccc3N=C3c4ccccc4C(c4ccccc4)C32)cc1. The average molecular weight is 448 g/mol. The first-order chi connectivity index (χ1) is 16.2. The number of nitrogens with zero attached hydrogens (tertiary/aromatic N) is 1. The van der Waals surface area contributed by atoms with E-state index in [1.54, 1.807) is 7.11 Å². The molecule has 4 aromatic carbocycles. The van der Waals surface area contributed by atoms with Crippen LogP contribution in [0.5, 0.6) is 5.75 Å². The van der Waals surface area contributed by atoms with Gasteiger partial charge in [0.05, 0.1) is 18.5 Å². The standard InChI is InChI=1S/C30H25NOS/c1-19-12-17-25-26(18-19)33-30(21-13-15-22(32-2)16-14-21)28-27(20-8-4-3-5-9-20)23-10-6-7-11-24(23)29(28)31-25/h3-18,27-28,30H,1-2H3. The summed E-state index contributed by atoms with van der Waals surface area (Å²) in [6.07, 6.45) is 0. The van der Waals surface area contributed by atoms with Crippen molar-refractivity contribution in [2.45, 2.75) is 23.0 Å². The van der Waals surface area contributed by atoms with Crippen LogP contribution in [0.3, 0.4) is 0 Å². The molecule has 1 aliphatic carbocycles. The summed E-state index contributed by atoms with van der Waals surface area (Å²) in [7, 11) is 1.72. The summed E-state index contributed by atoms with van der Waals surface area (Å²) in [6, 6.07) is 35.0. The van der Waals surface area contributed by atoms with Crippen molar-refractivity contribution in [1.29, 1.82) is 0 Å². The molecule has 2 nitrogen and oxygen atoms in total. The number of thioether (sulfide) groups is 1. The first-order valence-corrected chi connectivity index (χ1v) is 12.2. The Morgan fingerprint density at radius 3 is 2.33 bits per heavy atom. The lowest BCUT2D eigenvalue weighted by molar-refractivity contribution is 0.414. The van der Waals surface area contributed by atoms with Crippen molar-refractivity contribution in [2.24, 2.45) is 10.9 Å². The van der Waals surface area contributed by atoms with Gasteiger partial charge >= 0.3 is 0 Å². The lowest BCUT2D eigenvalue weighted by Gasteiger charge is -2.29. The first-order valence-electron chi connectivity index (χ1n) is 11.4. The van der Waals surface area contributed by atoms with Crippen LogP contribution >= 0.6 is 11.8 Å². The zero-order valence-electron chi connectivity index (χ0n) is 18.7. The number of ether oxygens (including phenoxy) is 1. The van der Waals surface area contributed by atoms with Crippen LogP contribution in [0.2, 0.25) is 0 Å². The van der Waals surface area contributed by atoms with Gasteiger partial charge in [-0.25, -0.2) is 0 Å². The minimum atomic E-state index is 0.232. The number of hydrogen-bond donors (Lipinski definition) is 0. The Bertz CT molecular complexity index is 1340. The zero-order valence-corrected chi connectivity index (χ0v) is 19.5. The van der Waals surface area contributed by atoms with E-state index >= 15 is 0 Å². The summed E-state index contributed by atoms with van der Waals surface area (Å²) < 4.78 is 5.45. The highest BCUT2D eigenvalue weighted by molar-refractivity contribution is 7.99. The van der Waals surface area contributed by atoms with Crippen LogP contribution < -0.4 is 4.74 Å². The Kier molecular flexibility index (Phi) is 5.07. The van der Waals surface area contributed by atoms with Crippen LogP contribution in [0, 0.1) is 12.8 Å². The molecular weight excluding hydrogens is 422 g/mol. The van der Waals surface area contributed by atoms with Crippen LogP contribution in [0.1, 0.15) is 39.0 Å². The topological polar surface area (TPSA) is 21.6 Å². The molecule has 0 saturated heterocycles. The number of hydrogen-bond acceptors (Lipinski definition) is 3. The minimum absolute atomic E-state index is 0.232. The molecule has 1 heterocycles. The van der Waals surface area contributed by atoms with Crippen LogP contribution in [-0.2, 0) is 0 Å². The van der Waals surface area contributed by atoms with Crippen molar-refractivity contribution < 1.29 is 4.74 Å². The fourth-order valence-corrected chi connectivity index (χ4v) is 6.74. The highest BCUT2D eigenvalue weighted by Gasteiger charge is 2.45. The summed E-state index contributed by atoms with van der Waals surface area (Å²) in [5, 5.41) is 0.232. The number of aliphatic imine (C=N–C) groups is 1. The maximum Gasteiger partial charge on any atom is 0.118 e. The van der Waals surface area contributed by atoms with Crippen LogP contribution in [0.25, 0.3) is 0 Å². The van der Waals surface area contributed by atoms with E-state index < -0.39 is 0 Å². The maximum atomic E-state index is 5.45. The summed E-state index contributed by atoms with van der Waals surface area (Å²) in [5.41, 5.74) is 8.86. The quantitative estimate of drug-likeness (QED) is 0.320. The van der Waals surface area contributed by atoms with E-state index in [4.69, 9.17) is 9.73 Å². The summed E-state index contributed by atoms with van der Waals surface area (Å²) in [4.78, 5) is 6.59. The van der Waals surface area contributed by atoms with E-state index in [9.17, 15) is 0 Å². The van der Waals surface area contributed by atoms with Crippen LogP contribution in [0.4, 0.5) is 5.69 Å². The highest BCUT2D eigenvalue weighted by Crippen LogP contribution is 2.57. The van der Waals surface area contributed by atoms with Crippen molar-refractivity contribution in [3.8, 4) is 5.75 Å². The Balaban J connectivity index is 1.60. The fraction of sp³-hybridized carbons (Fsp3) is 0.167. The van der Waals surface area contributed by atoms with E-state index in [1.165, 1.54) is 38.4 Å². The van der Waals surface area contributed by atoms with E-state index in [-0.39, 0.29) is 17.1 Å². The van der Waals surface area contributed by atoms with Gasteiger partial charge in [0, 0.05) is 27.5 Å². The van der Waals surface area contributed by atoms with Crippen molar-refractivity contribution in [3.63, 3.8) is 0 Å². The molecule has 6 rings (SSSR count). The molecule has 3 heteroatoms. The lowest BCUT2D eigenvalue weighted by Crippen LogP contribution is -2.21. The first kappa shape index (κ1) is 20.3. The fourth-order valence-electron chi connectivity index (χ4n) is 5.25. The van der Waals surface area contributed by atoms with Crippen molar-refractivity contribution in [3.05, 3.63) is 125 Å². The monoisotopic (exact) mass is 447 g/mol. The zero-order chi connectivity index (χ0) is 22.4. The molecule has 33 heavy (non-hydrogen) atoms. The number of benzene rings is 4. The van der Waals surface area contributed by atoms with E-state index in [1.807, 2.05) is 11.8 Å². The Morgan fingerprint density at radius 1 is 0.788 bits per heavy atom. The molecule has 0 amide bonds. The second-order valence-electron chi connectivity index (χ2n) is 8.78. The number of methoxy groups -OCH3 is 1. The van der Waals surface area contributed by atoms with Gasteiger partial charge in [-0.3, -0.25) is 4.99 Å². The van der Waals surface area contributed by atoms with Gasteiger partial charge in [-0.15, -0.1) is 11.8 Å². The Hall–Kier alpha value is -3.30. The number of rotatable bonds is 3. The Labute approximate surface area is 199 Å². The van der Waals surface area contributed by atoms with Crippen molar-refractivity contribution in [1.82, 2.24) is 0 Å². The molecule has 0 aromatic heterocycles. The Morgan fingerprint density at radius 2 is 1.55 bits per heavy atom. The molecule has 2 aliphatic rings. The molecule has 0 radical (unpaired) electrons. The molecule has 0 fully saturated rings. The maximum absolute atomic E-state index is 5.45. The van der Waals surface area contributed by atoms with Crippen LogP contribution in [0.15, 0.2) is 107 Å². The van der Waals surface area contributed by atoms with Gasteiger partial charge < -0.3 is 4.74 Å². The van der Waals surface area contributed by atoms with Gasteiger partial charge in [0.25, 0.3) is 0 Å². The molecule has 0 bridgehead atoms. The average Bonchev–Trinajstić information content (AvgIpc) is 3.08. The van der Waals surface area contributed by atoms with E-state index in [0.717, 1.165) is 11.4 Å². The molecule has 3 unspecified atom stereocenters. The van der Waals surface area contributed by atoms with Crippen molar-refractivity contribution in [2.75, 3.05) is 7.11 Å². The molecule has 1 aliphatic heterocycles. The smallest absolute Gasteiger partial charge is 0.118 e. The van der Waals surface area contributed by atoms with Gasteiger partial charge in [-0.2, -0.15) is 0 Å². The summed E-state index contributed by atoms with van der Waals surface area (Å²) in [5.74, 6) is 1.38. The largest absolute Gasteiger partial charge is 0.497 e. The second kappa shape index (κ2) is 8.24. The second-order valence-corrected chi connectivity index (χ2v) is 9.96. The van der Waals surface area contributed by atoms with Gasteiger partial charge in [0.1, 0.15) is 5.75 Å². The van der Waals surface area contributed by atoms with Gasteiger partial charge in [0.15, 0.2) is 0 Å². The third kappa shape index (κ3) is 3.48. The third-order valence-electron chi connectivity index (χ3n) is 6.79. The van der Waals surface area contributed by atoms with Crippen molar-refractivity contribution >= 4 is 23.2 Å². The number of fused-ring (bicyclic) bond motifs is 4. The predicted molar refractivity (Wildman–Crippen MR) is 137 cm³/mol. The predicted octanol–water partition coefficient (Wildman–Crippen LogP) is 7.73. The van der Waals surface area contributed by atoms with Gasteiger partial charge in [-0.05, 0) is 53.4 Å². The molecule has 0 saturated carbocycles. The minimum Gasteiger partial charge on any atom is -0.497 e. The molecular formula is C30H25NOS. The highest BCUT2D eigenvalue weighted by atomic mass is 32.2. The van der Waals surface area contributed by atoms with E-state index in [0.29, 0.717) is 0 Å². The molecule has 3 atom stereocenters. The van der Waals surface area contributed by atoms with Gasteiger partial charge in [0.2, 0.25) is 0 Å². The molecule has 162 valence electrons. The molecule has 0 N–H and O–H groups in total. The third-order valence-corrected chi connectivity index (χ3v) is 8.19. The normalized spacial score (nSPS) is 20.8. The molecule has 4 aromatic rings. The number of aryl methyl sites for hydroxylation is 1. The molecule has 0 spiro atoms. The summed E-state index contributed by atoms with van der Waals surface area (Å²) in [6.45, 7) is 2.16. The summed E-state index contributed by atoms with van der Waals surface area (Å²) >= 11 is 1.95. The van der Waals surface area contributed by atoms with E-state index in [2.05, 4.69) is 104 Å². The lowest BCUT2D eigenvalue weighted by atomic mass is 9.81. The van der Waals surface area contributed by atoms with Crippen LogP contribution in [-0.4, -0.2) is 12.8 Å². The van der Waals surface area contributed by atoms with Gasteiger partial charge in [-0.1, -0.05) is 72.8 Å².